The van der Waals surface area contributed by atoms with Crippen LogP contribution < -0.4 is 20.6 Å². The first-order valence-corrected chi connectivity index (χ1v) is 8.90. The Hall–Kier alpha value is -3.62. The Bertz CT molecular complexity index is 1160. The number of hydrogen-bond acceptors (Lipinski definition) is 2. The van der Waals surface area contributed by atoms with E-state index in [1.54, 1.807) is 11.6 Å². The first-order chi connectivity index (χ1) is 14.1. The summed E-state index contributed by atoms with van der Waals surface area (Å²) in [6, 6.07) is 8.94. The summed E-state index contributed by atoms with van der Waals surface area (Å²) in [5.74, 6) is -0.629. The molecule has 2 aromatic carbocycles. The van der Waals surface area contributed by atoms with Gasteiger partial charge in [-0.15, -0.1) is 0 Å². The molecule has 0 atom stereocenters. The molecule has 1 aromatic heterocycles. The molecule has 144 valence electrons. The van der Waals surface area contributed by atoms with Crippen LogP contribution in [0.5, 0.6) is 5.75 Å². The number of aromatic amines is 1. The number of ether oxygens (including phenoxy) is 1. The van der Waals surface area contributed by atoms with Gasteiger partial charge in [-0.3, -0.25) is 0 Å². The van der Waals surface area contributed by atoms with Crippen molar-refractivity contribution in [2.45, 2.75) is 6.42 Å². The zero-order chi connectivity index (χ0) is 20.4. The molecule has 2 heterocycles. The summed E-state index contributed by atoms with van der Waals surface area (Å²) in [5, 5.41) is 3.22. The van der Waals surface area contributed by atoms with E-state index in [-0.39, 0.29) is 11.6 Å². The van der Waals surface area contributed by atoms with E-state index < -0.39 is 11.6 Å². The number of nitrogens with one attached hydrogen (secondary N) is 1. The molecule has 1 aliphatic heterocycles. The minimum atomic E-state index is -0.792. The van der Waals surface area contributed by atoms with Gasteiger partial charge in [0.25, 0.3) is 0 Å². The van der Waals surface area contributed by atoms with Gasteiger partial charge in [-0.2, -0.15) is 0 Å². The molecule has 0 saturated heterocycles. The van der Waals surface area contributed by atoms with E-state index in [9.17, 15) is 8.78 Å². The van der Waals surface area contributed by atoms with Crippen molar-refractivity contribution in [3.05, 3.63) is 59.8 Å². The Kier molecular flexibility index (Phi) is 5.03. The van der Waals surface area contributed by atoms with Gasteiger partial charge in [-0.25, -0.2) is 4.39 Å². The Morgan fingerprint density at radius 2 is 2.14 bits per heavy atom. The molecule has 0 amide bonds. The molecule has 0 spiro atoms. The molecule has 4 rings (SSSR count). The van der Waals surface area contributed by atoms with Crippen molar-refractivity contribution in [1.82, 2.24) is 5.10 Å². The molecule has 0 unspecified atom stereocenters. The van der Waals surface area contributed by atoms with Crippen LogP contribution in [0.2, 0.25) is 0 Å². The van der Waals surface area contributed by atoms with E-state index in [4.69, 9.17) is 10.5 Å². The number of aliphatic imine (C=N–C) groups is 2. The Morgan fingerprint density at radius 3 is 2.90 bits per heavy atom. The van der Waals surface area contributed by atoms with Crippen molar-refractivity contribution in [1.29, 1.82) is 0 Å². The normalized spacial score (nSPS) is 13.4. The fraction of sp³-hybridized carbons (Fsp3) is 0.100. The van der Waals surface area contributed by atoms with Crippen LogP contribution in [0.15, 0.2) is 52.6 Å². The molecule has 0 fully saturated rings. The third-order valence-corrected chi connectivity index (χ3v) is 4.51. The van der Waals surface area contributed by atoms with E-state index >= 15 is 0 Å². The number of benzene rings is 2. The monoisotopic (exact) mass is 392 g/mol. The van der Waals surface area contributed by atoms with Gasteiger partial charge in [-0.05, 0) is 0 Å². The molecule has 6 nitrogen and oxygen atoms in total. The van der Waals surface area contributed by atoms with Crippen LogP contribution in [-0.2, 0) is 6.42 Å². The van der Waals surface area contributed by atoms with Gasteiger partial charge in [0.15, 0.2) is 0 Å². The second-order valence-electron chi connectivity index (χ2n) is 6.36. The summed E-state index contributed by atoms with van der Waals surface area (Å²) in [5.41, 5.74) is 9.06. The van der Waals surface area contributed by atoms with Crippen molar-refractivity contribution in [2.24, 2.45) is 15.7 Å². The average Bonchev–Trinajstić information content (AvgIpc) is 3.05. The van der Waals surface area contributed by atoms with Crippen molar-refractivity contribution >= 4 is 36.8 Å². The van der Waals surface area contributed by atoms with Crippen LogP contribution in [-0.4, -0.2) is 37.4 Å². The first-order valence-electron chi connectivity index (χ1n) is 8.90. The van der Waals surface area contributed by atoms with Gasteiger partial charge < -0.3 is 0 Å². The maximum atomic E-state index is 14.0. The molecule has 0 bridgehead atoms. The van der Waals surface area contributed by atoms with Crippen molar-refractivity contribution in [3.8, 4) is 17.0 Å². The molecular formula is C20H17BF2N5O+. The number of rotatable bonds is 2. The Balaban J connectivity index is 1.81. The van der Waals surface area contributed by atoms with E-state index in [0.717, 1.165) is 46.5 Å². The quantitative estimate of drug-likeness (QED) is 0.300. The zero-order valence-electron chi connectivity index (χ0n) is 15.4. The number of fused-ring (bicyclic) bond motifs is 3. The molecule has 3 aromatic rings. The van der Waals surface area contributed by atoms with Gasteiger partial charge in [0.05, 0.1) is 0 Å². The molecule has 9 heteroatoms. The number of halogens is 2. The van der Waals surface area contributed by atoms with Gasteiger partial charge in [0.2, 0.25) is 0 Å². The maximum absolute atomic E-state index is 14.0. The summed E-state index contributed by atoms with van der Waals surface area (Å²) in [6.07, 6.45) is 3.52. The number of nitrogens with two attached hydrogens (primary N) is 1. The zero-order valence-corrected chi connectivity index (χ0v) is 15.4. The summed E-state index contributed by atoms with van der Waals surface area (Å²) in [6.45, 7) is 6.03. The van der Waals surface area contributed by atoms with E-state index in [2.05, 4.69) is 21.6 Å². The molecule has 1 aliphatic rings. The van der Waals surface area contributed by atoms with Crippen molar-refractivity contribution < 1.29 is 18.2 Å². The summed E-state index contributed by atoms with van der Waals surface area (Å²) in [4.78, 5) is 8.23. The van der Waals surface area contributed by atoms with Crippen LogP contribution in [0.25, 0.3) is 11.3 Å². The number of hydrogen-bond donors (Lipinski definition) is 2. The van der Waals surface area contributed by atoms with Gasteiger partial charge in [0, 0.05) is 0 Å². The molecule has 0 saturated carbocycles. The molecule has 3 N–H and O–H groups in total. The molecule has 0 radical (unpaired) electrons. The van der Waals surface area contributed by atoms with Gasteiger partial charge in [0.1, 0.15) is 5.82 Å². The topological polar surface area (TPSA) is 79.6 Å². The number of nitrogens with zero attached hydrogens (tertiary/aromatic N) is 3. The Labute approximate surface area is 166 Å². The first kappa shape index (κ1) is 18.7. The van der Waals surface area contributed by atoms with Crippen LogP contribution >= 0.6 is 0 Å². The Morgan fingerprint density at radius 1 is 1.28 bits per heavy atom. The van der Waals surface area contributed by atoms with Gasteiger partial charge in [-0.1, -0.05) is 0 Å². The molecular weight excluding hydrogens is 375 g/mol. The molecule has 0 aliphatic carbocycles. The van der Waals surface area contributed by atoms with Gasteiger partial charge >= 0.3 is 155 Å². The average molecular weight is 392 g/mol. The van der Waals surface area contributed by atoms with E-state index in [1.807, 2.05) is 24.4 Å². The number of aromatic nitrogens is 2. The van der Waals surface area contributed by atoms with E-state index in [0.29, 0.717) is 13.0 Å². The third-order valence-electron chi connectivity index (χ3n) is 4.51. The van der Waals surface area contributed by atoms with Crippen molar-refractivity contribution in [2.75, 3.05) is 6.61 Å². The summed E-state index contributed by atoms with van der Waals surface area (Å²) < 4.78 is 34.6. The number of H-pyrrole nitrogens is 1. The summed E-state index contributed by atoms with van der Waals surface area (Å²) >= 11 is 0. The standard InChI is InChI=1S/C20H16BF2N5O/c1-21-13-2-4-15-18(8-13)29-7-6-12-10-28(27-19(12)15)20(25-11-24)26-17-5-3-14(22)9-16(17)23/h2-5,8-11H,1,6-7H2,(H2,24,25,26)/p+1. The van der Waals surface area contributed by atoms with Crippen molar-refractivity contribution in [3.63, 3.8) is 0 Å². The SMILES string of the molecule is C=Bc1ccc2c(c1)OCCc1c[n+](C(=Nc3ccc(F)cc3F)/N=C\N)[nH]c1-2. The predicted octanol–water partition coefficient (Wildman–Crippen LogP) is 1.47. The van der Waals surface area contributed by atoms with E-state index in [1.165, 1.54) is 6.07 Å². The summed E-state index contributed by atoms with van der Waals surface area (Å²) in [7, 11) is 0. The second kappa shape index (κ2) is 7.79. The molecule has 29 heavy (non-hydrogen) atoms. The third kappa shape index (κ3) is 3.71. The van der Waals surface area contributed by atoms with Crippen LogP contribution in [0.3, 0.4) is 0 Å². The van der Waals surface area contributed by atoms with Crippen LogP contribution in [0, 0.1) is 11.6 Å². The minimum absolute atomic E-state index is 0.0522. The fourth-order valence-corrected chi connectivity index (χ4v) is 3.13. The van der Waals surface area contributed by atoms with Crippen LogP contribution in [0.4, 0.5) is 14.5 Å². The fourth-order valence-electron chi connectivity index (χ4n) is 3.13. The predicted molar refractivity (Wildman–Crippen MR) is 110 cm³/mol. The van der Waals surface area contributed by atoms with Crippen LogP contribution in [0.1, 0.15) is 5.56 Å². The second-order valence-corrected chi connectivity index (χ2v) is 6.36.